The van der Waals surface area contributed by atoms with E-state index in [2.05, 4.69) is 0 Å². The van der Waals surface area contributed by atoms with Gasteiger partial charge in [-0.2, -0.15) is 0 Å². The smallest absolute Gasteiger partial charge is 0.228 e. The normalized spacial score (nSPS) is 29.0. The molecule has 1 aliphatic carbocycles. The van der Waals surface area contributed by atoms with E-state index in [0.717, 1.165) is 44.2 Å². The van der Waals surface area contributed by atoms with Crippen molar-refractivity contribution < 1.29 is 14.3 Å². The average Bonchev–Trinajstić information content (AvgIpc) is 3.07. The van der Waals surface area contributed by atoms with Crippen molar-refractivity contribution in [1.29, 1.82) is 0 Å². The van der Waals surface area contributed by atoms with Crippen molar-refractivity contribution >= 4 is 5.91 Å². The summed E-state index contributed by atoms with van der Waals surface area (Å²) in [5.74, 6) is -0.355. The molecular weight excluding hydrogens is 269 g/mol. The lowest BCUT2D eigenvalue weighted by molar-refractivity contribution is -0.139. The lowest BCUT2D eigenvalue weighted by atomic mass is 10.0. The van der Waals surface area contributed by atoms with Crippen LogP contribution in [0.3, 0.4) is 0 Å². The molecule has 1 aromatic rings. The Morgan fingerprint density at radius 1 is 1.29 bits per heavy atom. The van der Waals surface area contributed by atoms with Crippen LogP contribution in [0.4, 0.5) is 4.39 Å². The molecule has 2 aliphatic rings. The summed E-state index contributed by atoms with van der Waals surface area (Å²) in [5.41, 5.74) is 0.937. The van der Waals surface area contributed by atoms with Crippen molar-refractivity contribution in [2.24, 2.45) is 5.92 Å². The van der Waals surface area contributed by atoms with Crippen LogP contribution < -0.4 is 0 Å². The van der Waals surface area contributed by atoms with Crippen LogP contribution >= 0.6 is 0 Å². The number of halogens is 1. The van der Waals surface area contributed by atoms with Crippen molar-refractivity contribution in [1.82, 2.24) is 4.90 Å². The number of aliphatic hydroxyl groups excluding tert-OH is 1. The molecule has 1 heterocycles. The fourth-order valence-corrected chi connectivity index (χ4v) is 3.72. The first-order valence-electron chi connectivity index (χ1n) is 7.88. The van der Waals surface area contributed by atoms with Crippen LogP contribution in [0, 0.1) is 11.7 Å². The highest BCUT2D eigenvalue weighted by Crippen LogP contribution is 2.31. The molecule has 1 amide bonds. The van der Waals surface area contributed by atoms with E-state index < -0.39 is 6.10 Å². The molecule has 1 aliphatic heterocycles. The molecule has 21 heavy (non-hydrogen) atoms. The Labute approximate surface area is 124 Å². The third-order valence-corrected chi connectivity index (χ3v) is 4.82. The predicted molar refractivity (Wildman–Crippen MR) is 78.2 cm³/mol. The summed E-state index contributed by atoms with van der Waals surface area (Å²) in [7, 11) is 0. The molecule has 3 rings (SSSR count). The summed E-state index contributed by atoms with van der Waals surface area (Å²) >= 11 is 0. The standard InChI is InChI=1S/C17H22FNO2/c18-13-5-1-4-12(10-13)11-14-6-3-9-19(14)17(21)15-7-2-8-16(15)20/h1,4-5,10,14-16,20H,2-3,6-9,11H2. The highest BCUT2D eigenvalue weighted by molar-refractivity contribution is 5.80. The summed E-state index contributed by atoms with van der Waals surface area (Å²) in [4.78, 5) is 14.5. The first-order chi connectivity index (χ1) is 10.1. The number of amides is 1. The molecule has 1 saturated heterocycles. The van der Waals surface area contributed by atoms with Crippen LogP contribution in [0.15, 0.2) is 24.3 Å². The Balaban J connectivity index is 1.69. The van der Waals surface area contributed by atoms with Gasteiger partial charge in [0.1, 0.15) is 5.82 Å². The second kappa shape index (κ2) is 6.14. The van der Waals surface area contributed by atoms with Crippen molar-refractivity contribution in [2.75, 3.05) is 6.54 Å². The monoisotopic (exact) mass is 291 g/mol. The first-order valence-corrected chi connectivity index (χ1v) is 7.88. The van der Waals surface area contributed by atoms with E-state index in [-0.39, 0.29) is 23.7 Å². The molecule has 1 aromatic carbocycles. The molecule has 1 saturated carbocycles. The number of hydrogen-bond donors (Lipinski definition) is 1. The minimum absolute atomic E-state index is 0.0962. The molecule has 1 N–H and O–H groups in total. The van der Waals surface area contributed by atoms with E-state index in [1.807, 2.05) is 11.0 Å². The van der Waals surface area contributed by atoms with Gasteiger partial charge in [-0.3, -0.25) is 4.79 Å². The van der Waals surface area contributed by atoms with Gasteiger partial charge in [0.05, 0.1) is 12.0 Å². The van der Waals surface area contributed by atoms with Crippen LogP contribution in [0.5, 0.6) is 0 Å². The summed E-state index contributed by atoms with van der Waals surface area (Å²) < 4.78 is 13.3. The van der Waals surface area contributed by atoms with Crippen LogP contribution in [-0.4, -0.2) is 34.6 Å². The largest absolute Gasteiger partial charge is 0.392 e. The fourth-order valence-electron chi connectivity index (χ4n) is 3.72. The van der Waals surface area contributed by atoms with Gasteiger partial charge in [0.25, 0.3) is 0 Å². The van der Waals surface area contributed by atoms with Gasteiger partial charge >= 0.3 is 0 Å². The minimum Gasteiger partial charge on any atom is -0.392 e. The Hall–Kier alpha value is -1.42. The number of hydrogen-bond acceptors (Lipinski definition) is 2. The second-order valence-corrected chi connectivity index (χ2v) is 6.27. The minimum atomic E-state index is -0.479. The van der Waals surface area contributed by atoms with Gasteiger partial charge < -0.3 is 10.0 Å². The van der Waals surface area contributed by atoms with Crippen LogP contribution in [0.25, 0.3) is 0 Å². The van der Waals surface area contributed by atoms with Gasteiger partial charge in [-0.1, -0.05) is 12.1 Å². The topological polar surface area (TPSA) is 40.5 Å². The number of carbonyl (C=O) groups excluding carboxylic acids is 1. The first kappa shape index (κ1) is 14.5. The van der Waals surface area contributed by atoms with Crippen LogP contribution in [-0.2, 0) is 11.2 Å². The van der Waals surface area contributed by atoms with Gasteiger partial charge in [-0.25, -0.2) is 4.39 Å². The van der Waals surface area contributed by atoms with Crippen molar-refractivity contribution in [3.8, 4) is 0 Å². The molecule has 0 aromatic heterocycles. The zero-order valence-electron chi connectivity index (χ0n) is 12.2. The highest BCUT2D eigenvalue weighted by Gasteiger charge is 2.38. The summed E-state index contributed by atoms with van der Waals surface area (Å²) in [6.07, 6.45) is 4.64. The highest BCUT2D eigenvalue weighted by atomic mass is 19.1. The lowest BCUT2D eigenvalue weighted by Crippen LogP contribution is -2.42. The fraction of sp³-hybridized carbons (Fsp3) is 0.588. The number of benzene rings is 1. The SMILES string of the molecule is O=C(C1CCCC1O)N1CCCC1Cc1cccc(F)c1. The third kappa shape index (κ3) is 3.10. The molecular formula is C17H22FNO2. The molecule has 0 radical (unpaired) electrons. The Morgan fingerprint density at radius 3 is 2.86 bits per heavy atom. The zero-order valence-corrected chi connectivity index (χ0v) is 12.2. The molecule has 4 heteroatoms. The predicted octanol–water partition coefficient (Wildman–Crippen LogP) is 2.52. The van der Waals surface area contributed by atoms with Crippen molar-refractivity contribution in [2.45, 2.75) is 50.7 Å². The number of likely N-dealkylation sites (tertiary alicyclic amines) is 1. The van der Waals surface area contributed by atoms with E-state index in [4.69, 9.17) is 0 Å². The molecule has 3 unspecified atom stereocenters. The van der Waals surface area contributed by atoms with Gasteiger partial charge in [0, 0.05) is 12.6 Å². The molecule has 0 bridgehead atoms. The molecule has 3 nitrogen and oxygen atoms in total. The third-order valence-electron chi connectivity index (χ3n) is 4.82. The van der Waals surface area contributed by atoms with Crippen molar-refractivity contribution in [3.05, 3.63) is 35.6 Å². The van der Waals surface area contributed by atoms with Gasteiger partial charge in [-0.15, -0.1) is 0 Å². The molecule has 114 valence electrons. The summed E-state index contributed by atoms with van der Waals surface area (Å²) in [5, 5.41) is 9.93. The van der Waals surface area contributed by atoms with Crippen LogP contribution in [0.1, 0.15) is 37.7 Å². The maximum absolute atomic E-state index is 13.3. The molecule has 0 spiro atoms. The maximum atomic E-state index is 13.3. The van der Waals surface area contributed by atoms with E-state index in [9.17, 15) is 14.3 Å². The Bertz CT molecular complexity index is 519. The van der Waals surface area contributed by atoms with Gasteiger partial charge in [-0.05, 0) is 56.2 Å². The van der Waals surface area contributed by atoms with E-state index in [0.29, 0.717) is 6.42 Å². The van der Waals surface area contributed by atoms with Crippen molar-refractivity contribution in [3.63, 3.8) is 0 Å². The summed E-state index contributed by atoms with van der Waals surface area (Å²) in [6, 6.07) is 6.76. The number of carbonyl (C=O) groups is 1. The van der Waals surface area contributed by atoms with E-state index in [1.165, 1.54) is 6.07 Å². The summed E-state index contributed by atoms with van der Waals surface area (Å²) in [6.45, 7) is 0.766. The van der Waals surface area contributed by atoms with E-state index >= 15 is 0 Å². The van der Waals surface area contributed by atoms with E-state index in [1.54, 1.807) is 12.1 Å². The average molecular weight is 291 g/mol. The maximum Gasteiger partial charge on any atom is 0.228 e. The quantitative estimate of drug-likeness (QED) is 0.929. The van der Waals surface area contributed by atoms with Crippen LogP contribution in [0.2, 0.25) is 0 Å². The second-order valence-electron chi connectivity index (χ2n) is 6.27. The Morgan fingerprint density at radius 2 is 2.14 bits per heavy atom. The number of rotatable bonds is 3. The number of aliphatic hydroxyl groups is 1. The molecule has 2 fully saturated rings. The number of nitrogens with zero attached hydrogens (tertiary/aromatic N) is 1. The van der Waals surface area contributed by atoms with Gasteiger partial charge in [0.15, 0.2) is 0 Å². The lowest BCUT2D eigenvalue weighted by Gasteiger charge is -2.28. The molecule has 3 atom stereocenters. The Kier molecular flexibility index (Phi) is 4.24. The van der Waals surface area contributed by atoms with Gasteiger partial charge in [0.2, 0.25) is 5.91 Å². The zero-order chi connectivity index (χ0) is 14.8.